The van der Waals surface area contributed by atoms with Crippen LogP contribution in [0.25, 0.3) is 0 Å². The van der Waals surface area contributed by atoms with Gasteiger partial charge in [-0.25, -0.2) is 9.67 Å². The van der Waals surface area contributed by atoms with Crippen molar-refractivity contribution in [3.63, 3.8) is 0 Å². The number of hydrogen-bond donors (Lipinski definition) is 1. The van der Waals surface area contributed by atoms with Gasteiger partial charge in [0.25, 0.3) is 0 Å². The molecule has 16 heavy (non-hydrogen) atoms. The van der Waals surface area contributed by atoms with E-state index in [-0.39, 0.29) is 0 Å². The van der Waals surface area contributed by atoms with Gasteiger partial charge in [0, 0.05) is 6.04 Å². The van der Waals surface area contributed by atoms with E-state index >= 15 is 0 Å². The number of hydrogen-bond acceptors (Lipinski definition) is 4. The van der Waals surface area contributed by atoms with Gasteiger partial charge in [-0.3, -0.25) is 0 Å². The van der Waals surface area contributed by atoms with Crippen LogP contribution in [0.1, 0.15) is 38.6 Å². The van der Waals surface area contributed by atoms with Gasteiger partial charge in [0.05, 0.1) is 6.10 Å². The van der Waals surface area contributed by atoms with Gasteiger partial charge in [-0.2, -0.15) is 5.10 Å². The third kappa shape index (κ3) is 2.41. The van der Waals surface area contributed by atoms with Crippen LogP contribution < -0.4 is 5.73 Å². The van der Waals surface area contributed by atoms with E-state index in [1.54, 1.807) is 6.33 Å². The van der Waals surface area contributed by atoms with Gasteiger partial charge in [-0.1, -0.05) is 0 Å². The SMILES string of the molecule is CC(C)n1ncnc1COC1CC(CN)C1. The molecule has 5 nitrogen and oxygen atoms in total. The highest BCUT2D eigenvalue weighted by atomic mass is 16.5. The molecule has 1 aliphatic carbocycles. The van der Waals surface area contributed by atoms with Crippen molar-refractivity contribution in [1.82, 2.24) is 14.8 Å². The Kier molecular flexibility index (Phi) is 3.56. The second-order valence-electron chi connectivity index (χ2n) is 4.72. The monoisotopic (exact) mass is 224 g/mol. The normalized spacial score (nSPS) is 24.8. The fourth-order valence-corrected chi connectivity index (χ4v) is 2.00. The summed E-state index contributed by atoms with van der Waals surface area (Å²) in [6.07, 6.45) is 4.13. The van der Waals surface area contributed by atoms with Gasteiger partial charge in [0.15, 0.2) is 5.82 Å². The molecule has 0 aromatic carbocycles. The van der Waals surface area contributed by atoms with Crippen molar-refractivity contribution in [2.75, 3.05) is 6.54 Å². The maximum absolute atomic E-state index is 5.77. The summed E-state index contributed by atoms with van der Waals surface area (Å²) in [5.41, 5.74) is 5.57. The van der Waals surface area contributed by atoms with Crippen molar-refractivity contribution in [2.24, 2.45) is 11.7 Å². The third-order valence-electron chi connectivity index (χ3n) is 3.11. The summed E-state index contributed by atoms with van der Waals surface area (Å²) in [6, 6.07) is 0.333. The van der Waals surface area contributed by atoms with Crippen molar-refractivity contribution in [3.05, 3.63) is 12.2 Å². The van der Waals surface area contributed by atoms with Crippen LogP contribution in [-0.2, 0) is 11.3 Å². The third-order valence-corrected chi connectivity index (χ3v) is 3.11. The zero-order valence-corrected chi connectivity index (χ0v) is 9.97. The molecule has 1 fully saturated rings. The molecule has 1 aromatic heterocycles. The van der Waals surface area contributed by atoms with E-state index in [1.807, 2.05) is 4.68 Å². The molecule has 0 amide bonds. The Morgan fingerprint density at radius 1 is 1.56 bits per heavy atom. The van der Waals surface area contributed by atoms with Crippen LogP contribution in [0.3, 0.4) is 0 Å². The van der Waals surface area contributed by atoms with Gasteiger partial charge in [0.2, 0.25) is 0 Å². The Morgan fingerprint density at radius 3 is 2.94 bits per heavy atom. The molecule has 0 atom stereocenters. The summed E-state index contributed by atoms with van der Waals surface area (Å²) in [4.78, 5) is 4.21. The lowest BCUT2D eigenvalue weighted by Gasteiger charge is -2.34. The van der Waals surface area contributed by atoms with Crippen LogP contribution in [0.5, 0.6) is 0 Å². The molecule has 1 aromatic rings. The molecule has 1 heterocycles. The minimum atomic E-state index is 0.333. The first kappa shape index (κ1) is 11.5. The van der Waals surface area contributed by atoms with E-state index in [4.69, 9.17) is 10.5 Å². The fourth-order valence-electron chi connectivity index (χ4n) is 2.00. The highest BCUT2D eigenvalue weighted by Crippen LogP contribution is 2.29. The predicted molar refractivity (Wildman–Crippen MR) is 60.8 cm³/mol. The molecule has 0 unspecified atom stereocenters. The Hall–Kier alpha value is -0.940. The van der Waals surface area contributed by atoms with Crippen molar-refractivity contribution < 1.29 is 4.74 Å². The first-order valence-corrected chi connectivity index (χ1v) is 5.90. The number of ether oxygens (including phenoxy) is 1. The quantitative estimate of drug-likeness (QED) is 0.813. The van der Waals surface area contributed by atoms with E-state index in [0.717, 1.165) is 25.2 Å². The minimum Gasteiger partial charge on any atom is -0.370 e. The first-order valence-electron chi connectivity index (χ1n) is 5.90. The van der Waals surface area contributed by atoms with E-state index in [9.17, 15) is 0 Å². The summed E-state index contributed by atoms with van der Waals surface area (Å²) in [7, 11) is 0. The van der Waals surface area contributed by atoms with Crippen LogP contribution in [0.4, 0.5) is 0 Å². The second kappa shape index (κ2) is 4.93. The number of aromatic nitrogens is 3. The number of rotatable bonds is 5. The van der Waals surface area contributed by atoms with Crippen LogP contribution in [0, 0.1) is 5.92 Å². The molecular weight excluding hydrogens is 204 g/mol. The van der Waals surface area contributed by atoms with Crippen molar-refractivity contribution in [2.45, 2.75) is 45.4 Å². The zero-order valence-electron chi connectivity index (χ0n) is 9.97. The predicted octanol–water partition coefficient (Wildman–Crippen LogP) is 1.11. The Balaban J connectivity index is 1.79. The largest absolute Gasteiger partial charge is 0.370 e. The Labute approximate surface area is 96.0 Å². The molecule has 0 saturated heterocycles. The fraction of sp³-hybridized carbons (Fsp3) is 0.818. The number of nitrogens with zero attached hydrogens (tertiary/aromatic N) is 3. The second-order valence-corrected chi connectivity index (χ2v) is 4.72. The van der Waals surface area contributed by atoms with E-state index in [0.29, 0.717) is 24.7 Å². The average Bonchev–Trinajstić information content (AvgIpc) is 2.64. The van der Waals surface area contributed by atoms with E-state index in [1.165, 1.54) is 0 Å². The lowest BCUT2D eigenvalue weighted by molar-refractivity contribution is -0.0414. The van der Waals surface area contributed by atoms with E-state index in [2.05, 4.69) is 23.9 Å². The van der Waals surface area contributed by atoms with Gasteiger partial charge in [-0.15, -0.1) is 0 Å². The van der Waals surface area contributed by atoms with Crippen LogP contribution in [0.15, 0.2) is 6.33 Å². The summed E-state index contributed by atoms with van der Waals surface area (Å²) in [6.45, 7) is 5.51. The summed E-state index contributed by atoms with van der Waals surface area (Å²) >= 11 is 0. The standard InChI is InChI=1S/C11H20N4O/c1-8(2)15-11(13-7-14-15)6-16-10-3-9(4-10)5-12/h7-10H,3-6,12H2,1-2H3. The highest BCUT2D eigenvalue weighted by Gasteiger charge is 2.28. The van der Waals surface area contributed by atoms with Gasteiger partial charge < -0.3 is 10.5 Å². The van der Waals surface area contributed by atoms with Gasteiger partial charge in [-0.05, 0) is 39.2 Å². The maximum Gasteiger partial charge on any atom is 0.153 e. The van der Waals surface area contributed by atoms with Crippen LogP contribution in [-0.4, -0.2) is 27.4 Å². The molecule has 90 valence electrons. The number of nitrogens with two attached hydrogens (primary N) is 1. The molecule has 1 aliphatic rings. The lowest BCUT2D eigenvalue weighted by Crippen LogP contribution is -2.35. The molecule has 2 rings (SSSR count). The molecule has 1 saturated carbocycles. The average molecular weight is 224 g/mol. The minimum absolute atomic E-state index is 0.333. The summed E-state index contributed by atoms with van der Waals surface area (Å²) in [5, 5.41) is 4.17. The van der Waals surface area contributed by atoms with Crippen LogP contribution in [0.2, 0.25) is 0 Å². The molecule has 5 heteroatoms. The van der Waals surface area contributed by atoms with Gasteiger partial charge in [0.1, 0.15) is 12.9 Å². The topological polar surface area (TPSA) is 66.0 Å². The van der Waals surface area contributed by atoms with E-state index < -0.39 is 0 Å². The van der Waals surface area contributed by atoms with Crippen LogP contribution >= 0.6 is 0 Å². The molecular formula is C11H20N4O. The van der Waals surface area contributed by atoms with Crippen molar-refractivity contribution in [1.29, 1.82) is 0 Å². The summed E-state index contributed by atoms with van der Waals surface area (Å²) < 4.78 is 7.67. The van der Waals surface area contributed by atoms with Crippen molar-refractivity contribution in [3.8, 4) is 0 Å². The molecule has 0 bridgehead atoms. The molecule has 0 aliphatic heterocycles. The zero-order chi connectivity index (χ0) is 11.5. The summed E-state index contributed by atoms with van der Waals surface area (Å²) in [5.74, 6) is 1.57. The van der Waals surface area contributed by atoms with Gasteiger partial charge >= 0.3 is 0 Å². The first-order chi connectivity index (χ1) is 7.70. The molecule has 0 radical (unpaired) electrons. The maximum atomic E-state index is 5.77. The Bertz CT molecular complexity index is 330. The van der Waals surface area contributed by atoms with Crippen molar-refractivity contribution >= 4 is 0 Å². The molecule has 0 spiro atoms. The Morgan fingerprint density at radius 2 is 2.31 bits per heavy atom. The lowest BCUT2D eigenvalue weighted by atomic mass is 9.82. The molecule has 2 N–H and O–H groups in total. The highest BCUT2D eigenvalue weighted by molar-refractivity contribution is 4.86. The smallest absolute Gasteiger partial charge is 0.153 e.